The van der Waals surface area contributed by atoms with Gasteiger partial charge in [0.25, 0.3) is 7.82 Å². The van der Waals surface area contributed by atoms with E-state index < -0.39 is 20.0 Å². The highest BCUT2D eigenvalue weighted by Gasteiger charge is 2.27. The van der Waals surface area contributed by atoms with Crippen LogP contribution in [0.15, 0.2) is 72.9 Å². The van der Waals surface area contributed by atoms with Crippen molar-refractivity contribution in [2.45, 2.75) is 392 Å². The molecule has 532 valence electrons. The van der Waals surface area contributed by atoms with E-state index in [1.54, 1.807) is 0 Å². The molecule has 0 rings (SSSR count). The number of amides is 1. The maximum Gasteiger partial charge on any atom is 0.306 e. The first kappa shape index (κ1) is 88.5. The van der Waals surface area contributed by atoms with Crippen LogP contribution in [-0.4, -0.2) is 69.4 Å². The standard InChI is InChI=1S/C81H151N2O7P/c1-7-10-13-16-19-22-25-28-30-32-34-36-38-40-41-43-44-46-48-50-52-55-58-61-64-67-70-73-80(84)82-78(77-89-91(86,87)88-76-75-83(4,5)6)79(72-69-66-63-60-57-54-27-24-21-18-15-12-9-3)90-81(85)74-71-68-65-62-59-56-53-51-49-47-45-42-39-37-35-33-31-29-26-23-20-17-14-11-8-2/h19-20,22-23,28-31,34,36,69,72,78-79H,7-18,21,24-27,32-33,35,37-68,70-71,73-77H2,1-6H3,(H-,82,84,86,87)/b22-19-,23-20-,30-28-,31-29-,36-34-,72-69+. The van der Waals surface area contributed by atoms with Crippen molar-refractivity contribution in [1.82, 2.24) is 5.32 Å². The molecule has 10 heteroatoms. The van der Waals surface area contributed by atoms with Gasteiger partial charge in [-0.1, -0.05) is 338 Å². The topological polar surface area (TPSA) is 114 Å². The number of rotatable bonds is 72. The van der Waals surface area contributed by atoms with Crippen LogP contribution in [-0.2, 0) is 27.9 Å². The van der Waals surface area contributed by atoms with Crippen LogP contribution in [0, 0.1) is 0 Å². The molecule has 0 aromatic carbocycles. The number of unbranched alkanes of at least 4 members (excludes halogenated alkanes) is 46. The number of ether oxygens (including phenoxy) is 1. The Hall–Kier alpha value is -2.55. The van der Waals surface area contributed by atoms with Crippen molar-refractivity contribution in [3.05, 3.63) is 72.9 Å². The number of phosphoric acid groups is 1. The zero-order valence-corrected chi connectivity index (χ0v) is 61.9. The van der Waals surface area contributed by atoms with Gasteiger partial charge in [0.05, 0.1) is 33.8 Å². The smallest absolute Gasteiger partial charge is 0.306 e. The van der Waals surface area contributed by atoms with E-state index in [1.807, 2.05) is 33.3 Å². The van der Waals surface area contributed by atoms with Gasteiger partial charge in [-0.25, -0.2) is 0 Å². The minimum atomic E-state index is -4.71. The Morgan fingerprint density at radius 1 is 0.385 bits per heavy atom. The lowest BCUT2D eigenvalue weighted by atomic mass is 10.0. The molecular formula is C81H151N2O7P. The molecule has 0 aliphatic heterocycles. The van der Waals surface area contributed by atoms with Crippen LogP contribution in [0.2, 0.25) is 0 Å². The summed E-state index contributed by atoms with van der Waals surface area (Å²) in [7, 11) is 1.20. The van der Waals surface area contributed by atoms with Gasteiger partial charge in [0.2, 0.25) is 5.91 Å². The zero-order chi connectivity index (χ0) is 66.3. The summed E-state index contributed by atoms with van der Waals surface area (Å²) >= 11 is 0. The van der Waals surface area contributed by atoms with Gasteiger partial charge in [0.1, 0.15) is 19.3 Å². The SMILES string of the molecule is CCCCC/C=C\C/C=C\C/C=C\CCCCCCCCCCCCCCCCC(=O)NC(COP(=O)([O-])OCC[N+](C)(C)C)C(/C=C/CCCCCCCCCCCCC)OC(=O)CCCCCCCCCCCCCCCCC/C=C\C/C=C\CCCCC. The third-order valence-corrected chi connectivity index (χ3v) is 18.6. The second-order valence-electron chi connectivity index (χ2n) is 27.9. The summed E-state index contributed by atoms with van der Waals surface area (Å²) in [4.78, 5) is 40.3. The van der Waals surface area contributed by atoms with Gasteiger partial charge >= 0.3 is 5.97 Å². The molecule has 0 saturated heterocycles. The van der Waals surface area contributed by atoms with Crippen LogP contribution >= 0.6 is 7.82 Å². The van der Waals surface area contributed by atoms with E-state index in [2.05, 4.69) is 86.8 Å². The van der Waals surface area contributed by atoms with Gasteiger partial charge in [0, 0.05) is 12.8 Å². The van der Waals surface area contributed by atoms with Crippen LogP contribution in [0.3, 0.4) is 0 Å². The van der Waals surface area contributed by atoms with Gasteiger partial charge in [0.15, 0.2) is 0 Å². The van der Waals surface area contributed by atoms with Gasteiger partial charge in [-0.3, -0.25) is 14.2 Å². The van der Waals surface area contributed by atoms with E-state index in [1.165, 1.54) is 270 Å². The van der Waals surface area contributed by atoms with Crippen molar-refractivity contribution in [3.8, 4) is 0 Å². The normalized spacial score (nSPS) is 13.8. The van der Waals surface area contributed by atoms with Crippen LogP contribution in [0.5, 0.6) is 0 Å². The third kappa shape index (κ3) is 71.6. The molecule has 0 aliphatic carbocycles. The van der Waals surface area contributed by atoms with Crippen LogP contribution < -0.4 is 10.2 Å². The molecule has 0 fully saturated rings. The number of quaternary nitrogens is 1. The fourth-order valence-electron chi connectivity index (χ4n) is 11.6. The first-order chi connectivity index (χ1) is 44.4. The van der Waals surface area contributed by atoms with Crippen molar-refractivity contribution in [2.24, 2.45) is 0 Å². The monoisotopic (exact) mass is 1300 g/mol. The fourth-order valence-corrected chi connectivity index (χ4v) is 12.3. The predicted octanol–water partition coefficient (Wildman–Crippen LogP) is 24.8. The van der Waals surface area contributed by atoms with Crippen molar-refractivity contribution in [1.29, 1.82) is 0 Å². The van der Waals surface area contributed by atoms with E-state index in [-0.39, 0.29) is 31.5 Å². The molecule has 3 unspecified atom stereocenters. The molecule has 0 bridgehead atoms. The van der Waals surface area contributed by atoms with E-state index in [0.717, 1.165) is 77.0 Å². The van der Waals surface area contributed by atoms with Crippen LogP contribution in [0.25, 0.3) is 0 Å². The molecule has 1 amide bonds. The van der Waals surface area contributed by atoms with E-state index >= 15 is 0 Å². The van der Waals surface area contributed by atoms with Crippen molar-refractivity contribution >= 4 is 19.7 Å². The number of likely N-dealkylation sites (N-methyl/N-ethyl adjacent to an activating group) is 1. The lowest BCUT2D eigenvalue weighted by Gasteiger charge is -2.30. The van der Waals surface area contributed by atoms with Crippen molar-refractivity contribution in [2.75, 3.05) is 40.9 Å². The molecule has 0 spiro atoms. The first-order valence-corrected chi connectivity index (χ1v) is 40.7. The molecule has 0 heterocycles. The van der Waals surface area contributed by atoms with Crippen molar-refractivity contribution < 1.29 is 37.3 Å². The highest BCUT2D eigenvalue weighted by Crippen LogP contribution is 2.38. The Labute approximate surface area is 565 Å². The van der Waals surface area contributed by atoms with Crippen molar-refractivity contribution in [3.63, 3.8) is 0 Å². The fraction of sp³-hybridized carbons (Fsp3) is 0.827. The Morgan fingerprint density at radius 2 is 0.670 bits per heavy atom. The largest absolute Gasteiger partial charge is 0.756 e. The maximum atomic E-state index is 13.7. The van der Waals surface area contributed by atoms with E-state index in [9.17, 15) is 19.0 Å². The van der Waals surface area contributed by atoms with Gasteiger partial charge in [-0.05, 0) is 102 Å². The highest BCUT2D eigenvalue weighted by atomic mass is 31.2. The number of esters is 1. The molecule has 3 atom stereocenters. The second-order valence-corrected chi connectivity index (χ2v) is 29.3. The minimum Gasteiger partial charge on any atom is -0.756 e. The molecule has 91 heavy (non-hydrogen) atoms. The summed E-state index contributed by atoms with van der Waals surface area (Å²) in [5.41, 5.74) is 0. The number of carbonyl (C=O) groups is 2. The summed E-state index contributed by atoms with van der Waals surface area (Å²) in [5, 5.41) is 3.06. The summed E-state index contributed by atoms with van der Waals surface area (Å²) in [5.74, 6) is -0.526. The Bertz CT molecular complexity index is 1780. The Kier molecular flexibility index (Phi) is 68.3. The Morgan fingerprint density at radius 3 is 1.02 bits per heavy atom. The third-order valence-electron chi connectivity index (χ3n) is 17.6. The number of allylic oxidation sites excluding steroid dienone is 11. The zero-order valence-electron chi connectivity index (χ0n) is 61.1. The number of hydrogen-bond acceptors (Lipinski definition) is 7. The summed E-state index contributed by atoms with van der Waals surface area (Å²) in [6.07, 6.45) is 93.2. The van der Waals surface area contributed by atoms with Crippen LogP contribution in [0.1, 0.15) is 380 Å². The average molecular weight is 1300 g/mol. The highest BCUT2D eigenvalue weighted by molar-refractivity contribution is 7.45. The number of nitrogens with one attached hydrogen (secondary N) is 1. The number of phosphoric ester groups is 1. The van der Waals surface area contributed by atoms with E-state index in [4.69, 9.17) is 13.8 Å². The molecule has 1 N–H and O–H groups in total. The summed E-state index contributed by atoms with van der Waals surface area (Å²) in [6.45, 7) is 6.85. The molecule has 0 saturated carbocycles. The summed E-state index contributed by atoms with van der Waals surface area (Å²) < 4.78 is 30.6. The molecule has 9 nitrogen and oxygen atoms in total. The lowest BCUT2D eigenvalue weighted by Crippen LogP contribution is -2.47. The second kappa shape index (κ2) is 70.3. The predicted molar refractivity (Wildman–Crippen MR) is 395 cm³/mol. The van der Waals surface area contributed by atoms with Crippen LogP contribution in [0.4, 0.5) is 0 Å². The van der Waals surface area contributed by atoms with Gasteiger partial charge < -0.3 is 28.5 Å². The lowest BCUT2D eigenvalue weighted by molar-refractivity contribution is -0.870. The number of carbonyl (C=O) groups excluding carboxylic acids is 2. The number of nitrogens with zero attached hydrogens (tertiary/aromatic N) is 1. The molecule has 0 aromatic heterocycles. The number of hydrogen-bond donors (Lipinski definition) is 1. The average Bonchev–Trinajstić information content (AvgIpc) is 3.45. The minimum absolute atomic E-state index is 0.0222. The quantitative estimate of drug-likeness (QED) is 0.0212. The Balaban J connectivity index is 4.97. The first-order valence-electron chi connectivity index (χ1n) is 39.2. The molecule has 0 aromatic rings. The van der Waals surface area contributed by atoms with E-state index in [0.29, 0.717) is 17.4 Å². The van der Waals surface area contributed by atoms with Gasteiger partial charge in [-0.2, -0.15) is 0 Å². The van der Waals surface area contributed by atoms with Gasteiger partial charge in [-0.15, -0.1) is 0 Å². The molecular weight excluding hydrogens is 1140 g/mol. The maximum absolute atomic E-state index is 13.7. The molecule has 0 radical (unpaired) electrons. The molecule has 0 aliphatic rings. The summed E-state index contributed by atoms with van der Waals surface area (Å²) in [6, 6.07) is -0.891.